The monoisotopic (exact) mass is 331 g/mol. The van der Waals surface area contributed by atoms with Crippen LogP contribution in [0.3, 0.4) is 0 Å². The van der Waals surface area contributed by atoms with Gasteiger partial charge in [-0.15, -0.1) is 0 Å². The van der Waals surface area contributed by atoms with E-state index >= 15 is 0 Å². The van der Waals surface area contributed by atoms with Crippen LogP contribution in [0.1, 0.15) is 25.0 Å². The number of carbonyl (C=O) groups excluding carboxylic acids is 1. The van der Waals surface area contributed by atoms with Crippen molar-refractivity contribution in [3.63, 3.8) is 0 Å². The van der Waals surface area contributed by atoms with Crippen molar-refractivity contribution in [2.45, 2.75) is 24.2 Å². The lowest BCUT2D eigenvalue weighted by Gasteiger charge is -2.37. The lowest BCUT2D eigenvalue weighted by molar-refractivity contribution is 0.126. The number of carbonyl (C=O) groups is 1. The number of allylic oxidation sites excluding steroid dienone is 3. The Kier molecular flexibility index (Phi) is 3.64. The van der Waals surface area contributed by atoms with Crippen molar-refractivity contribution in [1.29, 1.82) is 0 Å². The highest BCUT2D eigenvalue weighted by molar-refractivity contribution is 7.95. The van der Waals surface area contributed by atoms with Gasteiger partial charge < -0.3 is 4.74 Å². The summed E-state index contributed by atoms with van der Waals surface area (Å²) in [4.78, 5) is 12.4. The second kappa shape index (κ2) is 5.38. The molecule has 2 unspecified atom stereocenters. The Balaban J connectivity index is 2.15. The summed E-state index contributed by atoms with van der Waals surface area (Å²) in [6.07, 6.45) is 7.04. The molecule has 1 amide bonds. The van der Waals surface area contributed by atoms with Gasteiger partial charge in [-0.3, -0.25) is 0 Å². The molecular weight excluding hydrogens is 314 g/mol. The number of rotatable bonds is 3. The summed E-state index contributed by atoms with van der Waals surface area (Å²) in [5.41, 5.74) is 0.919. The average Bonchev–Trinajstić information content (AvgIpc) is 2.54. The molecule has 1 heterocycles. The fourth-order valence-electron chi connectivity index (χ4n) is 2.74. The maximum Gasteiger partial charge on any atom is 0.429 e. The van der Waals surface area contributed by atoms with E-state index < -0.39 is 27.0 Å². The Morgan fingerprint density at radius 2 is 2.09 bits per heavy atom. The first-order valence-electron chi connectivity index (χ1n) is 7.22. The topological polar surface area (TPSA) is 63.7 Å². The Morgan fingerprint density at radius 3 is 2.74 bits per heavy atom. The Morgan fingerprint density at radius 1 is 1.35 bits per heavy atom. The minimum Gasteiger partial charge on any atom is -0.436 e. The molecule has 0 bridgehead atoms. The zero-order chi connectivity index (χ0) is 16.7. The van der Waals surface area contributed by atoms with Gasteiger partial charge in [0.2, 0.25) is 0 Å². The molecule has 0 saturated heterocycles. The van der Waals surface area contributed by atoms with E-state index in [0.29, 0.717) is 17.7 Å². The summed E-state index contributed by atoms with van der Waals surface area (Å²) in [7, 11) is -3.99. The molecule has 1 aromatic carbocycles. The maximum absolute atomic E-state index is 13.1. The molecule has 0 radical (unpaired) electrons. The molecule has 2 atom stereocenters. The number of sulfonamides is 1. The number of hydrogen-bond donors (Lipinski definition) is 0. The van der Waals surface area contributed by atoms with E-state index in [2.05, 4.69) is 6.58 Å². The van der Waals surface area contributed by atoms with Crippen LogP contribution in [0.2, 0.25) is 0 Å². The third-order valence-electron chi connectivity index (χ3n) is 4.12. The van der Waals surface area contributed by atoms with E-state index in [1.807, 2.05) is 0 Å². The quantitative estimate of drug-likeness (QED) is 0.796. The molecule has 120 valence electrons. The van der Waals surface area contributed by atoms with Gasteiger partial charge in [0.15, 0.2) is 0 Å². The van der Waals surface area contributed by atoms with Crippen LogP contribution in [0.5, 0.6) is 0 Å². The largest absolute Gasteiger partial charge is 0.436 e. The highest BCUT2D eigenvalue weighted by atomic mass is 32.2. The Labute approximate surface area is 135 Å². The lowest BCUT2D eigenvalue weighted by Crippen LogP contribution is -2.50. The molecule has 1 aromatic rings. The molecule has 0 aromatic heterocycles. The molecule has 1 aliphatic carbocycles. The smallest absolute Gasteiger partial charge is 0.429 e. The molecular formula is C17H17NO4S. The molecule has 0 spiro atoms. The highest BCUT2D eigenvalue weighted by Gasteiger charge is 2.48. The second-order valence-corrected chi connectivity index (χ2v) is 7.92. The standard InChI is InChI=1S/C17H17NO4S/c1-3-15-13-9-5-6-10-14(13)18(16(19)22-15)23(20,21)17(2)11-7-4-8-12-17/h3-11,15H,1,12H2,2H3. The van der Waals surface area contributed by atoms with Crippen molar-refractivity contribution in [1.82, 2.24) is 0 Å². The zero-order valence-electron chi connectivity index (χ0n) is 12.7. The molecule has 3 rings (SSSR count). The van der Waals surface area contributed by atoms with Crippen LogP contribution in [-0.2, 0) is 14.8 Å². The number of cyclic esters (lactones) is 1. The van der Waals surface area contributed by atoms with E-state index in [-0.39, 0.29) is 0 Å². The number of para-hydroxylation sites is 1. The summed E-state index contributed by atoms with van der Waals surface area (Å²) in [5, 5.41) is 0. The van der Waals surface area contributed by atoms with Gasteiger partial charge in [-0.05, 0) is 25.5 Å². The normalized spacial score (nSPS) is 26.6. The summed E-state index contributed by atoms with van der Waals surface area (Å²) < 4.78 is 31.1. The predicted octanol–water partition coefficient (Wildman–Crippen LogP) is 3.47. The first-order valence-corrected chi connectivity index (χ1v) is 8.66. The van der Waals surface area contributed by atoms with Crippen LogP contribution in [0.25, 0.3) is 0 Å². The molecule has 2 aliphatic rings. The first kappa shape index (κ1) is 15.6. The van der Waals surface area contributed by atoms with Gasteiger partial charge in [-0.1, -0.05) is 49.1 Å². The summed E-state index contributed by atoms with van der Waals surface area (Å²) in [6.45, 7) is 5.24. The number of ether oxygens (including phenoxy) is 1. The van der Waals surface area contributed by atoms with Gasteiger partial charge in [0.1, 0.15) is 10.9 Å². The van der Waals surface area contributed by atoms with Crippen molar-refractivity contribution in [2.75, 3.05) is 4.31 Å². The number of amides is 1. The van der Waals surface area contributed by atoms with E-state index in [9.17, 15) is 13.2 Å². The minimum atomic E-state index is -3.99. The SMILES string of the molecule is C=CC1OC(=O)N(S(=O)(=O)C2(C)C=CC=CC2)c2ccccc21. The molecule has 0 N–H and O–H groups in total. The van der Waals surface area contributed by atoms with E-state index in [4.69, 9.17) is 4.74 Å². The van der Waals surface area contributed by atoms with Crippen LogP contribution in [0.4, 0.5) is 10.5 Å². The number of anilines is 1. The van der Waals surface area contributed by atoms with Crippen molar-refractivity contribution >= 4 is 21.8 Å². The number of hydrogen-bond acceptors (Lipinski definition) is 4. The van der Waals surface area contributed by atoms with Crippen LogP contribution < -0.4 is 4.31 Å². The number of benzene rings is 1. The third-order valence-corrected chi connectivity index (χ3v) is 6.43. The number of fused-ring (bicyclic) bond motifs is 1. The summed E-state index contributed by atoms with van der Waals surface area (Å²) in [6, 6.07) is 6.80. The van der Waals surface area contributed by atoms with E-state index in [0.717, 1.165) is 4.31 Å². The molecule has 5 nitrogen and oxygen atoms in total. The zero-order valence-corrected chi connectivity index (χ0v) is 13.5. The molecule has 23 heavy (non-hydrogen) atoms. The number of nitrogens with zero attached hydrogens (tertiary/aromatic N) is 1. The molecule has 0 saturated carbocycles. The van der Waals surface area contributed by atoms with Crippen molar-refractivity contribution in [3.8, 4) is 0 Å². The summed E-state index contributed by atoms with van der Waals surface area (Å²) >= 11 is 0. The lowest BCUT2D eigenvalue weighted by atomic mass is 10.0. The fourth-order valence-corrected chi connectivity index (χ4v) is 4.38. The van der Waals surface area contributed by atoms with Gasteiger partial charge in [0.05, 0.1) is 5.69 Å². The predicted molar refractivity (Wildman–Crippen MR) is 88.6 cm³/mol. The average molecular weight is 331 g/mol. The van der Waals surface area contributed by atoms with Gasteiger partial charge in [-0.25, -0.2) is 13.2 Å². The van der Waals surface area contributed by atoms with Crippen LogP contribution >= 0.6 is 0 Å². The molecule has 1 aliphatic heterocycles. The van der Waals surface area contributed by atoms with Crippen LogP contribution in [-0.4, -0.2) is 19.3 Å². The van der Waals surface area contributed by atoms with Gasteiger partial charge in [-0.2, -0.15) is 4.31 Å². The fraction of sp³-hybridized carbons (Fsp3) is 0.235. The first-order chi connectivity index (χ1) is 10.9. The maximum atomic E-state index is 13.1. The van der Waals surface area contributed by atoms with E-state index in [1.54, 1.807) is 55.5 Å². The van der Waals surface area contributed by atoms with E-state index in [1.165, 1.54) is 6.08 Å². The highest BCUT2D eigenvalue weighted by Crippen LogP contribution is 2.40. The third kappa shape index (κ3) is 2.30. The van der Waals surface area contributed by atoms with Crippen molar-refractivity contribution < 1.29 is 17.9 Å². The van der Waals surface area contributed by atoms with Crippen LogP contribution in [0, 0.1) is 0 Å². The van der Waals surface area contributed by atoms with Crippen molar-refractivity contribution in [3.05, 3.63) is 66.8 Å². The molecule has 6 heteroatoms. The van der Waals surface area contributed by atoms with Gasteiger partial charge in [0, 0.05) is 5.56 Å². The Hall–Kier alpha value is -2.34. The van der Waals surface area contributed by atoms with Crippen LogP contribution in [0.15, 0.2) is 61.2 Å². The Bertz CT molecular complexity index is 825. The van der Waals surface area contributed by atoms with Gasteiger partial charge >= 0.3 is 6.09 Å². The second-order valence-electron chi connectivity index (χ2n) is 5.67. The summed E-state index contributed by atoms with van der Waals surface area (Å²) in [5.74, 6) is 0. The molecule has 0 fully saturated rings. The van der Waals surface area contributed by atoms with Gasteiger partial charge in [0.25, 0.3) is 10.0 Å². The van der Waals surface area contributed by atoms with Crippen molar-refractivity contribution in [2.24, 2.45) is 0 Å². The minimum absolute atomic E-state index is 0.294.